The second kappa shape index (κ2) is 7.28. The first-order valence-corrected chi connectivity index (χ1v) is 7.79. The van der Waals surface area contributed by atoms with Crippen molar-refractivity contribution in [2.45, 2.75) is 59.8 Å². The van der Waals surface area contributed by atoms with Crippen LogP contribution in [0, 0.1) is 17.3 Å². The topological polar surface area (TPSA) is 46.3 Å². The molecule has 1 aliphatic heterocycles. The van der Waals surface area contributed by atoms with Gasteiger partial charge in [-0.05, 0) is 49.5 Å². The van der Waals surface area contributed by atoms with Crippen molar-refractivity contribution in [1.29, 1.82) is 0 Å². The van der Waals surface area contributed by atoms with Gasteiger partial charge in [-0.2, -0.15) is 0 Å². The number of nitrogens with two attached hydrogens (primary N) is 1. The van der Waals surface area contributed by atoms with Crippen molar-refractivity contribution < 1.29 is 4.79 Å². The number of rotatable bonds is 5. The molecular weight excluding hydrogens is 236 g/mol. The van der Waals surface area contributed by atoms with E-state index in [1.807, 2.05) is 0 Å². The van der Waals surface area contributed by atoms with Gasteiger partial charge in [-0.25, -0.2) is 0 Å². The van der Waals surface area contributed by atoms with E-state index in [-0.39, 0.29) is 0 Å². The van der Waals surface area contributed by atoms with Crippen molar-refractivity contribution in [2.24, 2.45) is 23.0 Å². The average Bonchev–Trinajstić information content (AvgIpc) is 2.27. The first kappa shape index (κ1) is 16.5. The Labute approximate surface area is 118 Å². The maximum Gasteiger partial charge on any atom is 0.222 e. The summed E-state index contributed by atoms with van der Waals surface area (Å²) in [4.78, 5) is 14.3. The Kier molecular flexibility index (Phi) is 6.31. The van der Waals surface area contributed by atoms with Gasteiger partial charge in [0, 0.05) is 19.5 Å². The predicted octanol–water partition coefficient (Wildman–Crippen LogP) is 3.04. The zero-order chi connectivity index (χ0) is 14.5. The maximum atomic E-state index is 12.3. The molecule has 19 heavy (non-hydrogen) atoms. The minimum absolute atomic E-state index is 0.313. The van der Waals surface area contributed by atoms with Crippen LogP contribution in [0.15, 0.2) is 0 Å². The summed E-state index contributed by atoms with van der Waals surface area (Å²) >= 11 is 0. The van der Waals surface area contributed by atoms with Gasteiger partial charge in [0.2, 0.25) is 5.91 Å². The van der Waals surface area contributed by atoms with Gasteiger partial charge in [0.1, 0.15) is 0 Å². The number of carbonyl (C=O) groups is 1. The fourth-order valence-corrected chi connectivity index (χ4v) is 3.25. The number of likely N-dealkylation sites (tertiary alicyclic amines) is 1. The van der Waals surface area contributed by atoms with Gasteiger partial charge in [0.05, 0.1) is 0 Å². The van der Waals surface area contributed by atoms with Crippen LogP contribution in [0.4, 0.5) is 0 Å². The van der Waals surface area contributed by atoms with Crippen LogP contribution in [0.5, 0.6) is 0 Å². The molecule has 1 fully saturated rings. The van der Waals surface area contributed by atoms with Crippen LogP contribution in [0.3, 0.4) is 0 Å². The lowest BCUT2D eigenvalue weighted by atomic mass is 9.84. The SMILES string of the molecule is CC(CC(=O)N1CCC(CCN)CC1)CC(C)(C)C. The summed E-state index contributed by atoms with van der Waals surface area (Å²) in [7, 11) is 0. The first-order chi connectivity index (χ1) is 8.81. The molecule has 0 radical (unpaired) electrons. The van der Waals surface area contributed by atoms with Crippen LogP contribution in [-0.4, -0.2) is 30.4 Å². The van der Waals surface area contributed by atoms with Gasteiger partial charge in [0.15, 0.2) is 0 Å². The highest BCUT2D eigenvalue weighted by molar-refractivity contribution is 5.76. The number of carbonyl (C=O) groups excluding carboxylic acids is 1. The van der Waals surface area contributed by atoms with Crippen molar-refractivity contribution >= 4 is 5.91 Å². The molecular formula is C16H32N2O. The van der Waals surface area contributed by atoms with Gasteiger partial charge in [-0.1, -0.05) is 27.7 Å². The summed E-state index contributed by atoms with van der Waals surface area (Å²) in [5, 5.41) is 0. The Morgan fingerprint density at radius 1 is 1.32 bits per heavy atom. The van der Waals surface area contributed by atoms with Crippen LogP contribution in [0.2, 0.25) is 0 Å². The number of amides is 1. The summed E-state index contributed by atoms with van der Waals surface area (Å²) in [6.45, 7) is 11.6. The Morgan fingerprint density at radius 3 is 2.37 bits per heavy atom. The number of nitrogens with zero attached hydrogens (tertiary/aromatic N) is 1. The lowest BCUT2D eigenvalue weighted by Gasteiger charge is -2.33. The molecule has 1 atom stereocenters. The van der Waals surface area contributed by atoms with Gasteiger partial charge < -0.3 is 10.6 Å². The summed E-state index contributed by atoms with van der Waals surface area (Å²) in [5.74, 6) is 1.57. The van der Waals surface area contributed by atoms with Crippen molar-refractivity contribution in [3.05, 3.63) is 0 Å². The monoisotopic (exact) mass is 268 g/mol. The minimum atomic E-state index is 0.313. The van der Waals surface area contributed by atoms with Crippen LogP contribution in [0.25, 0.3) is 0 Å². The molecule has 3 nitrogen and oxygen atoms in total. The first-order valence-electron chi connectivity index (χ1n) is 7.79. The number of piperidine rings is 1. The highest BCUT2D eigenvalue weighted by Gasteiger charge is 2.24. The molecule has 0 aromatic carbocycles. The van der Waals surface area contributed by atoms with Crippen LogP contribution in [0.1, 0.15) is 59.8 Å². The van der Waals surface area contributed by atoms with E-state index < -0.39 is 0 Å². The smallest absolute Gasteiger partial charge is 0.222 e. The zero-order valence-electron chi connectivity index (χ0n) is 13.2. The van der Waals surface area contributed by atoms with E-state index in [9.17, 15) is 4.79 Å². The Hall–Kier alpha value is -0.570. The minimum Gasteiger partial charge on any atom is -0.343 e. The quantitative estimate of drug-likeness (QED) is 0.833. The van der Waals surface area contributed by atoms with E-state index in [1.165, 1.54) is 0 Å². The molecule has 1 heterocycles. The third-order valence-electron chi connectivity index (χ3n) is 4.03. The molecule has 112 valence electrons. The van der Waals surface area contributed by atoms with E-state index in [0.717, 1.165) is 51.2 Å². The maximum absolute atomic E-state index is 12.3. The molecule has 1 amide bonds. The molecule has 1 saturated heterocycles. The van der Waals surface area contributed by atoms with Crippen LogP contribution in [-0.2, 0) is 4.79 Å². The fourth-order valence-electron chi connectivity index (χ4n) is 3.25. The molecule has 2 N–H and O–H groups in total. The molecule has 1 unspecified atom stereocenters. The van der Waals surface area contributed by atoms with E-state index in [2.05, 4.69) is 32.6 Å². The van der Waals surface area contributed by atoms with Crippen molar-refractivity contribution in [3.8, 4) is 0 Å². The molecule has 0 aliphatic carbocycles. The molecule has 3 heteroatoms. The van der Waals surface area contributed by atoms with E-state index in [1.54, 1.807) is 0 Å². The number of hydrogen-bond acceptors (Lipinski definition) is 2. The van der Waals surface area contributed by atoms with Gasteiger partial charge in [-0.15, -0.1) is 0 Å². The standard InChI is InChI=1S/C16H32N2O/c1-13(12-16(2,3)4)11-15(19)18-9-6-14(5-8-17)7-10-18/h13-14H,5-12,17H2,1-4H3. The summed E-state index contributed by atoms with van der Waals surface area (Å²) in [6, 6.07) is 0. The average molecular weight is 268 g/mol. The molecule has 1 aliphatic rings. The largest absolute Gasteiger partial charge is 0.343 e. The summed E-state index contributed by atoms with van der Waals surface area (Å²) in [6.07, 6.45) is 5.21. The summed E-state index contributed by atoms with van der Waals surface area (Å²) in [5.41, 5.74) is 5.91. The third kappa shape index (κ3) is 6.42. The zero-order valence-corrected chi connectivity index (χ0v) is 13.2. The molecule has 0 saturated carbocycles. The lowest BCUT2D eigenvalue weighted by molar-refractivity contribution is -0.133. The molecule has 0 aromatic heterocycles. The third-order valence-corrected chi connectivity index (χ3v) is 4.03. The summed E-state index contributed by atoms with van der Waals surface area (Å²) < 4.78 is 0. The highest BCUT2D eigenvalue weighted by atomic mass is 16.2. The fraction of sp³-hybridized carbons (Fsp3) is 0.938. The molecule has 0 spiro atoms. The lowest BCUT2D eigenvalue weighted by Crippen LogP contribution is -2.39. The second-order valence-corrected chi connectivity index (χ2v) is 7.48. The van der Waals surface area contributed by atoms with E-state index in [0.29, 0.717) is 23.7 Å². The number of hydrogen-bond donors (Lipinski definition) is 1. The molecule has 1 rings (SSSR count). The normalized spacial score (nSPS) is 19.5. The Bertz CT molecular complexity index is 275. The molecule has 0 bridgehead atoms. The Morgan fingerprint density at radius 2 is 1.89 bits per heavy atom. The Balaban J connectivity index is 2.31. The second-order valence-electron chi connectivity index (χ2n) is 7.48. The van der Waals surface area contributed by atoms with Crippen molar-refractivity contribution in [1.82, 2.24) is 4.90 Å². The van der Waals surface area contributed by atoms with Crippen molar-refractivity contribution in [3.63, 3.8) is 0 Å². The van der Waals surface area contributed by atoms with E-state index >= 15 is 0 Å². The predicted molar refractivity (Wildman–Crippen MR) is 80.8 cm³/mol. The van der Waals surface area contributed by atoms with E-state index in [4.69, 9.17) is 5.73 Å². The van der Waals surface area contributed by atoms with Gasteiger partial charge >= 0.3 is 0 Å². The van der Waals surface area contributed by atoms with Gasteiger partial charge in [-0.3, -0.25) is 4.79 Å². The van der Waals surface area contributed by atoms with Crippen LogP contribution < -0.4 is 5.73 Å². The molecule has 0 aromatic rings. The highest BCUT2D eigenvalue weighted by Crippen LogP contribution is 2.27. The van der Waals surface area contributed by atoms with Gasteiger partial charge in [0.25, 0.3) is 0 Å². The van der Waals surface area contributed by atoms with Crippen molar-refractivity contribution in [2.75, 3.05) is 19.6 Å². The van der Waals surface area contributed by atoms with Crippen LogP contribution >= 0.6 is 0 Å².